The molecule has 1 N–H and O–H groups in total. The Morgan fingerprint density at radius 1 is 0.895 bits per heavy atom. The van der Waals surface area contributed by atoms with Crippen LogP contribution in [0.4, 0.5) is 0 Å². The van der Waals surface area contributed by atoms with Crippen molar-refractivity contribution in [3.05, 3.63) is 142 Å². The van der Waals surface area contributed by atoms with Crippen LogP contribution in [0.15, 0.2) is 103 Å². The second-order valence-corrected chi connectivity index (χ2v) is 9.90. The number of nitrogens with zero attached hydrogens (tertiary/aromatic N) is 2. The van der Waals surface area contributed by atoms with Crippen LogP contribution < -0.4 is 4.74 Å². The minimum atomic E-state index is -0.287. The number of carbonyl (C=O) groups excluding carboxylic acids is 1. The Morgan fingerprint density at radius 3 is 2.34 bits per heavy atom. The van der Waals surface area contributed by atoms with Crippen molar-refractivity contribution < 1.29 is 9.53 Å². The van der Waals surface area contributed by atoms with E-state index >= 15 is 0 Å². The standard InChI is InChI=1S/C32H26ClN3O2/c1-21-11-13-23(14-12-21)29-28-30(35-34-29)32(37)36(19-22-7-3-2-4-8-22)31(28)24-15-17-26(18-16-24)38-20-25-9-5-6-10-27(25)33/h2-18,31H,19-20H2,1H3,(H,34,35). The largest absolute Gasteiger partial charge is 0.489 e. The van der Waals surface area contributed by atoms with Crippen molar-refractivity contribution in [3.8, 4) is 17.0 Å². The third-order valence-electron chi connectivity index (χ3n) is 6.93. The van der Waals surface area contributed by atoms with Crippen LogP contribution in [0.5, 0.6) is 5.75 Å². The number of amides is 1. The monoisotopic (exact) mass is 519 g/mol. The Balaban J connectivity index is 1.35. The van der Waals surface area contributed by atoms with Crippen molar-refractivity contribution in [2.24, 2.45) is 0 Å². The molecular weight excluding hydrogens is 494 g/mol. The zero-order valence-electron chi connectivity index (χ0n) is 20.9. The van der Waals surface area contributed by atoms with Crippen LogP contribution in [-0.4, -0.2) is 21.0 Å². The molecule has 4 aromatic carbocycles. The van der Waals surface area contributed by atoms with Gasteiger partial charge in [0.1, 0.15) is 18.1 Å². The number of aromatic nitrogens is 2. The quantitative estimate of drug-likeness (QED) is 0.244. The van der Waals surface area contributed by atoms with Gasteiger partial charge in [0.2, 0.25) is 0 Å². The fourth-order valence-electron chi connectivity index (χ4n) is 4.94. The van der Waals surface area contributed by atoms with Crippen LogP contribution in [0.1, 0.15) is 44.3 Å². The van der Waals surface area contributed by atoms with Gasteiger partial charge >= 0.3 is 0 Å². The summed E-state index contributed by atoms with van der Waals surface area (Å²) in [6, 6.07) is 33.6. The van der Waals surface area contributed by atoms with Gasteiger partial charge in [0.15, 0.2) is 0 Å². The third-order valence-corrected chi connectivity index (χ3v) is 7.30. The summed E-state index contributed by atoms with van der Waals surface area (Å²) in [7, 11) is 0. The van der Waals surface area contributed by atoms with Gasteiger partial charge in [-0.25, -0.2) is 0 Å². The minimum absolute atomic E-state index is 0.0567. The van der Waals surface area contributed by atoms with Crippen molar-refractivity contribution in [3.63, 3.8) is 0 Å². The number of carbonyl (C=O) groups is 1. The Hall–Kier alpha value is -4.35. The highest BCUT2D eigenvalue weighted by molar-refractivity contribution is 6.31. The number of fused-ring (bicyclic) bond motifs is 1. The molecule has 1 amide bonds. The molecule has 1 aromatic heterocycles. The first-order valence-electron chi connectivity index (χ1n) is 12.5. The second kappa shape index (κ2) is 10.2. The lowest BCUT2D eigenvalue weighted by Crippen LogP contribution is -2.29. The molecule has 1 aliphatic heterocycles. The molecule has 0 bridgehead atoms. The first-order chi connectivity index (χ1) is 18.6. The van der Waals surface area contributed by atoms with Crippen LogP contribution in [0.2, 0.25) is 5.02 Å². The topological polar surface area (TPSA) is 58.2 Å². The second-order valence-electron chi connectivity index (χ2n) is 9.50. The summed E-state index contributed by atoms with van der Waals surface area (Å²) in [4.78, 5) is 15.6. The van der Waals surface area contributed by atoms with E-state index in [4.69, 9.17) is 16.3 Å². The van der Waals surface area contributed by atoms with Gasteiger partial charge < -0.3 is 9.64 Å². The van der Waals surface area contributed by atoms with Crippen LogP contribution in [-0.2, 0) is 13.2 Å². The van der Waals surface area contributed by atoms with Gasteiger partial charge in [0.25, 0.3) is 5.91 Å². The average Bonchev–Trinajstić information content (AvgIpc) is 3.49. The number of H-pyrrole nitrogens is 1. The van der Waals surface area contributed by atoms with Crippen molar-refractivity contribution in [1.82, 2.24) is 15.1 Å². The number of ether oxygens (including phenoxy) is 1. The van der Waals surface area contributed by atoms with E-state index in [9.17, 15) is 4.79 Å². The van der Waals surface area contributed by atoms with Gasteiger partial charge in [-0.2, -0.15) is 5.10 Å². The molecule has 0 saturated carbocycles. The summed E-state index contributed by atoms with van der Waals surface area (Å²) in [5.41, 5.74) is 7.39. The van der Waals surface area contributed by atoms with E-state index in [0.29, 0.717) is 23.9 Å². The van der Waals surface area contributed by atoms with E-state index in [0.717, 1.165) is 39.3 Å². The molecule has 1 aliphatic rings. The van der Waals surface area contributed by atoms with Gasteiger partial charge in [-0.15, -0.1) is 0 Å². The van der Waals surface area contributed by atoms with Crippen LogP contribution >= 0.6 is 11.6 Å². The molecule has 2 heterocycles. The molecular formula is C32H26ClN3O2. The first-order valence-corrected chi connectivity index (χ1v) is 12.9. The molecule has 5 nitrogen and oxygen atoms in total. The predicted octanol–water partition coefficient (Wildman–Crippen LogP) is 7.36. The van der Waals surface area contributed by atoms with Crippen molar-refractivity contribution >= 4 is 17.5 Å². The maximum Gasteiger partial charge on any atom is 0.273 e. The average molecular weight is 520 g/mol. The number of nitrogens with one attached hydrogen (secondary N) is 1. The molecule has 0 fully saturated rings. The molecule has 0 radical (unpaired) electrons. The van der Waals surface area contributed by atoms with Crippen molar-refractivity contribution in [1.29, 1.82) is 0 Å². The lowest BCUT2D eigenvalue weighted by Gasteiger charge is -2.26. The van der Waals surface area contributed by atoms with Crippen LogP contribution in [0.25, 0.3) is 11.3 Å². The molecule has 6 heteroatoms. The highest BCUT2D eigenvalue weighted by Crippen LogP contribution is 2.43. The van der Waals surface area contributed by atoms with E-state index in [1.165, 1.54) is 5.56 Å². The number of aromatic amines is 1. The van der Waals surface area contributed by atoms with Gasteiger partial charge in [-0.05, 0) is 36.2 Å². The maximum absolute atomic E-state index is 13.7. The highest BCUT2D eigenvalue weighted by Gasteiger charge is 2.42. The van der Waals surface area contributed by atoms with Crippen LogP contribution in [0, 0.1) is 6.92 Å². The Bertz CT molecular complexity index is 1580. The Morgan fingerprint density at radius 2 is 1.61 bits per heavy atom. The summed E-state index contributed by atoms with van der Waals surface area (Å²) in [5, 5.41) is 8.31. The van der Waals surface area contributed by atoms with E-state index < -0.39 is 0 Å². The molecule has 0 spiro atoms. The van der Waals surface area contributed by atoms with E-state index in [-0.39, 0.29) is 11.9 Å². The lowest BCUT2D eigenvalue weighted by atomic mass is 9.95. The Labute approximate surface area is 226 Å². The lowest BCUT2D eigenvalue weighted by molar-refractivity contribution is 0.0730. The number of hydrogen-bond acceptors (Lipinski definition) is 3. The van der Waals surface area contributed by atoms with E-state index in [1.807, 2.05) is 83.8 Å². The summed E-state index contributed by atoms with van der Waals surface area (Å²) in [5.74, 6) is 0.678. The van der Waals surface area contributed by atoms with Crippen molar-refractivity contribution in [2.45, 2.75) is 26.1 Å². The van der Waals surface area contributed by atoms with Gasteiger partial charge in [0.05, 0.1) is 11.7 Å². The van der Waals surface area contributed by atoms with Crippen molar-refractivity contribution in [2.75, 3.05) is 0 Å². The Kier molecular flexibility index (Phi) is 6.44. The van der Waals surface area contributed by atoms with E-state index in [1.54, 1.807) is 0 Å². The summed E-state index contributed by atoms with van der Waals surface area (Å²) < 4.78 is 6.01. The number of hydrogen-bond donors (Lipinski definition) is 1. The summed E-state index contributed by atoms with van der Waals surface area (Å²) in [6.07, 6.45) is 0. The molecule has 38 heavy (non-hydrogen) atoms. The summed E-state index contributed by atoms with van der Waals surface area (Å²) >= 11 is 6.28. The molecule has 188 valence electrons. The smallest absolute Gasteiger partial charge is 0.273 e. The number of halogens is 1. The van der Waals surface area contributed by atoms with E-state index in [2.05, 4.69) is 41.4 Å². The highest BCUT2D eigenvalue weighted by atomic mass is 35.5. The molecule has 0 aliphatic carbocycles. The predicted molar refractivity (Wildman–Crippen MR) is 149 cm³/mol. The zero-order valence-corrected chi connectivity index (χ0v) is 21.7. The minimum Gasteiger partial charge on any atom is -0.489 e. The van der Waals surface area contributed by atoms with Crippen LogP contribution in [0.3, 0.4) is 0 Å². The first kappa shape index (κ1) is 24.0. The molecule has 1 atom stereocenters. The SMILES string of the molecule is Cc1ccc(-c2n[nH]c3c2C(c2ccc(OCc4ccccc4Cl)cc2)N(Cc2ccccc2)C3=O)cc1. The number of benzene rings is 4. The zero-order chi connectivity index (χ0) is 26.1. The molecule has 5 aromatic rings. The van der Waals surface area contributed by atoms with Gasteiger partial charge in [0, 0.05) is 28.3 Å². The number of rotatable bonds is 7. The number of aryl methyl sites for hydroxylation is 1. The van der Waals surface area contributed by atoms with Gasteiger partial charge in [-0.3, -0.25) is 9.89 Å². The third kappa shape index (κ3) is 4.57. The molecule has 0 saturated heterocycles. The normalized spacial score (nSPS) is 14.5. The molecule has 6 rings (SSSR count). The maximum atomic E-state index is 13.7. The summed E-state index contributed by atoms with van der Waals surface area (Å²) in [6.45, 7) is 2.93. The fraction of sp³-hybridized carbons (Fsp3) is 0.125. The molecule has 1 unspecified atom stereocenters. The fourth-order valence-corrected chi connectivity index (χ4v) is 5.13. The van der Waals surface area contributed by atoms with Gasteiger partial charge in [-0.1, -0.05) is 102 Å².